The van der Waals surface area contributed by atoms with Gasteiger partial charge >= 0.3 is 6.18 Å². The van der Waals surface area contributed by atoms with E-state index in [9.17, 15) is 23.2 Å². The molecule has 0 unspecified atom stereocenters. The number of nitriles is 1. The van der Waals surface area contributed by atoms with Gasteiger partial charge in [0.15, 0.2) is 0 Å². The topological polar surface area (TPSA) is 165 Å². The Bertz CT molecular complexity index is 1630. The van der Waals surface area contributed by atoms with Crippen LogP contribution < -0.4 is 10.5 Å². The van der Waals surface area contributed by atoms with Crippen molar-refractivity contribution < 1.29 is 22.7 Å². The number of amides is 1. The number of primary amides is 1. The number of carbonyl (C=O) groups excluding carboxylic acids is 1. The standard InChI is InChI=1S/C26H25F3N10O2/c27-26(28,29)24-36-19(22(31)40)9-20(37-24)41-17-3-1-16(2-4-17)38-12-25(13-38,6-7-30)39-11-15(10-35-39)21-18-5-8-32-23(18)34-14-33-21/h5,8-11,14,16-17H,1-4,6,12-13H2,(H2,31,40)(H,32,33,34). The minimum atomic E-state index is -4.84. The van der Waals surface area contributed by atoms with E-state index in [2.05, 4.69) is 41.0 Å². The van der Waals surface area contributed by atoms with Gasteiger partial charge in [0, 0.05) is 48.5 Å². The van der Waals surface area contributed by atoms with E-state index in [4.69, 9.17) is 10.5 Å². The molecule has 1 aliphatic heterocycles. The molecule has 12 nitrogen and oxygen atoms in total. The number of nitrogens with one attached hydrogen (secondary N) is 1. The van der Waals surface area contributed by atoms with E-state index < -0.39 is 29.1 Å². The summed E-state index contributed by atoms with van der Waals surface area (Å²) >= 11 is 0. The van der Waals surface area contributed by atoms with Crippen LogP contribution in [-0.2, 0) is 11.7 Å². The van der Waals surface area contributed by atoms with Gasteiger partial charge in [-0.15, -0.1) is 0 Å². The van der Waals surface area contributed by atoms with Crippen LogP contribution in [0.15, 0.2) is 37.1 Å². The molecule has 3 N–H and O–H groups in total. The summed E-state index contributed by atoms with van der Waals surface area (Å²) in [5, 5.41) is 15.1. The first-order valence-electron chi connectivity index (χ1n) is 13.0. The molecule has 212 valence electrons. The zero-order chi connectivity index (χ0) is 28.8. The Morgan fingerprint density at radius 2 is 2.00 bits per heavy atom. The van der Waals surface area contributed by atoms with Crippen molar-refractivity contribution in [3.05, 3.63) is 48.6 Å². The van der Waals surface area contributed by atoms with Crippen LogP contribution in [0.2, 0.25) is 0 Å². The lowest BCUT2D eigenvalue weighted by atomic mass is 9.82. The Labute approximate surface area is 231 Å². The van der Waals surface area contributed by atoms with Gasteiger partial charge in [0.25, 0.3) is 5.91 Å². The molecule has 1 amide bonds. The van der Waals surface area contributed by atoms with Gasteiger partial charge in [-0.2, -0.15) is 28.5 Å². The second kappa shape index (κ2) is 10.1. The number of aromatic nitrogens is 7. The number of alkyl halides is 3. The van der Waals surface area contributed by atoms with Crippen LogP contribution in [0.5, 0.6) is 5.88 Å². The highest BCUT2D eigenvalue weighted by atomic mass is 19.4. The van der Waals surface area contributed by atoms with Crippen LogP contribution in [0.4, 0.5) is 13.2 Å². The Balaban J connectivity index is 1.10. The van der Waals surface area contributed by atoms with Gasteiger partial charge in [-0.05, 0) is 31.7 Å². The smallest absolute Gasteiger partial charge is 0.451 e. The van der Waals surface area contributed by atoms with E-state index in [1.165, 1.54) is 6.33 Å². The molecule has 41 heavy (non-hydrogen) atoms. The van der Waals surface area contributed by atoms with Gasteiger partial charge in [-0.25, -0.2) is 15.0 Å². The minimum Gasteiger partial charge on any atom is -0.474 e. The fourth-order valence-electron chi connectivity index (χ4n) is 5.70. The highest BCUT2D eigenvalue weighted by Crippen LogP contribution is 2.39. The van der Waals surface area contributed by atoms with Crippen LogP contribution in [0.25, 0.3) is 22.3 Å². The van der Waals surface area contributed by atoms with E-state index in [1.807, 2.05) is 16.9 Å². The number of rotatable bonds is 7. The molecule has 5 heterocycles. The van der Waals surface area contributed by atoms with E-state index >= 15 is 0 Å². The number of likely N-dealkylation sites (tertiary alicyclic amines) is 1. The van der Waals surface area contributed by atoms with Crippen molar-refractivity contribution >= 4 is 16.9 Å². The van der Waals surface area contributed by atoms with Crippen LogP contribution in [0, 0.1) is 11.3 Å². The van der Waals surface area contributed by atoms with E-state index in [1.54, 1.807) is 12.4 Å². The molecule has 1 saturated carbocycles. The summed E-state index contributed by atoms with van der Waals surface area (Å²) in [6, 6.07) is 5.49. The summed E-state index contributed by atoms with van der Waals surface area (Å²) in [6.07, 6.45) is 4.76. The molecule has 6 rings (SSSR count). The van der Waals surface area contributed by atoms with Crippen LogP contribution in [0.1, 0.15) is 48.4 Å². The molecule has 4 aromatic rings. The first kappa shape index (κ1) is 26.6. The minimum absolute atomic E-state index is 0.232. The van der Waals surface area contributed by atoms with Crippen molar-refractivity contribution in [1.29, 1.82) is 5.26 Å². The molecule has 1 aliphatic carbocycles. The van der Waals surface area contributed by atoms with Gasteiger partial charge < -0.3 is 15.5 Å². The Morgan fingerprint density at radius 1 is 1.22 bits per heavy atom. The molecular weight excluding hydrogens is 541 g/mol. The molecule has 4 aromatic heterocycles. The van der Waals surface area contributed by atoms with Crippen molar-refractivity contribution in [3.63, 3.8) is 0 Å². The van der Waals surface area contributed by atoms with Gasteiger partial charge in [0.1, 0.15) is 29.3 Å². The molecule has 0 atom stereocenters. The number of H-pyrrole nitrogens is 1. The third kappa shape index (κ3) is 5.06. The van der Waals surface area contributed by atoms with Gasteiger partial charge in [0.2, 0.25) is 11.7 Å². The van der Waals surface area contributed by atoms with Crippen LogP contribution in [0.3, 0.4) is 0 Å². The fraction of sp³-hybridized carbons (Fsp3) is 0.423. The van der Waals surface area contributed by atoms with Gasteiger partial charge in [0.05, 0.1) is 24.4 Å². The van der Waals surface area contributed by atoms with E-state index in [0.717, 1.165) is 41.2 Å². The van der Waals surface area contributed by atoms with Crippen LogP contribution in [-0.4, -0.2) is 70.7 Å². The highest BCUT2D eigenvalue weighted by Gasteiger charge is 2.48. The lowest BCUT2D eigenvalue weighted by Crippen LogP contribution is -2.65. The third-order valence-corrected chi connectivity index (χ3v) is 7.76. The quantitative estimate of drug-likeness (QED) is 0.342. The molecular formula is C26H25F3N10O2. The average molecular weight is 567 g/mol. The molecule has 2 fully saturated rings. The Hall–Kier alpha value is -4.58. The predicted octanol–water partition coefficient (Wildman–Crippen LogP) is 3.04. The SMILES string of the molecule is N#CCC1(n2cc(-c3ncnc4[nH]ccc34)cn2)CN(C2CCC(Oc3cc(C(N)=O)nc(C(F)(F)F)n3)CC2)C1. The molecule has 2 aliphatic rings. The number of carbonyl (C=O) groups is 1. The van der Waals surface area contributed by atoms with E-state index in [0.29, 0.717) is 32.4 Å². The van der Waals surface area contributed by atoms with Gasteiger partial charge in [-0.1, -0.05) is 0 Å². The van der Waals surface area contributed by atoms with E-state index in [-0.39, 0.29) is 18.0 Å². The number of aromatic amines is 1. The molecule has 0 spiro atoms. The zero-order valence-electron chi connectivity index (χ0n) is 21.7. The number of fused-ring (bicyclic) bond motifs is 1. The molecule has 0 radical (unpaired) electrons. The Kier molecular flexibility index (Phi) is 6.57. The maximum absolute atomic E-state index is 13.2. The van der Waals surface area contributed by atoms with Gasteiger partial charge in [-0.3, -0.25) is 14.4 Å². The van der Waals surface area contributed by atoms with Crippen molar-refractivity contribution in [2.75, 3.05) is 13.1 Å². The number of nitrogens with two attached hydrogens (primary N) is 1. The highest BCUT2D eigenvalue weighted by molar-refractivity contribution is 5.91. The monoisotopic (exact) mass is 566 g/mol. The molecule has 0 aromatic carbocycles. The fourth-order valence-corrected chi connectivity index (χ4v) is 5.70. The summed E-state index contributed by atoms with van der Waals surface area (Å²) in [6.45, 7) is 1.29. The lowest BCUT2D eigenvalue weighted by molar-refractivity contribution is -0.145. The van der Waals surface area contributed by atoms with Crippen molar-refractivity contribution in [1.82, 2.24) is 39.6 Å². The molecule has 15 heteroatoms. The zero-order valence-corrected chi connectivity index (χ0v) is 21.7. The number of nitrogens with zero attached hydrogens (tertiary/aromatic N) is 8. The summed E-state index contributed by atoms with van der Waals surface area (Å²) in [5.74, 6) is -2.88. The molecule has 0 bridgehead atoms. The number of hydrogen-bond donors (Lipinski definition) is 2. The summed E-state index contributed by atoms with van der Waals surface area (Å²) in [4.78, 5) is 32.2. The third-order valence-electron chi connectivity index (χ3n) is 7.76. The first-order chi connectivity index (χ1) is 19.6. The summed E-state index contributed by atoms with van der Waals surface area (Å²) in [7, 11) is 0. The second-order valence-corrected chi connectivity index (χ2v) is 10.4. The Morgan fingerprint density at radius 3 is 2.71 bits per heavy atom. The van der Waals surface area contributed by atoms with Crippen molar-refractivity contribution in [3.8, 4) is 23.2 Å². The summed E-state index contributed by atoms with van der Waals surface area (Å²) < 4.78 is 47.1. The first-order valence-corrected chi connectivity index (χ1v) is 13.0. The predicted molar refractivity (Wildman–Crippen MR) is 137 cm³/mol. The molecule has 1 saturated heterocycles. The average Bonchev–Trinajstić information content (AvgIpc) is 3.61. The second-order valence-electron chi connectivity index (χ2n) is 10.4. The summed E-state index contributed by atoms with van der Waals surface area (Å²) in [5.41, 5.74) is 6.46. The largest absolute Gasteiger partial charge is 0.474 e. The number of ether oxygens (including phenoxy) is 1. The lowest BCUT2D eigenvalue weighted by Gasteiger charge is -2.53. The van der Waals surface area contributed by atoms with Crippen molar-refractivity contribution in [2.24, 2.45) is 5.73 Å². The number of halogens is 3. The normalized spacial score (nSPS) is 20.8. The maximum Gasteiger partial charge on any atom is 0.451 e. The van der Waals surface area contributed by atoms with Crippen molar-refractivity contribution in [2.45, 2.75) is 56.0 Å². The van der Waals surface area contributed by atoms with Crippen LogP contribution >= 0.6 is 0 Å². The maximum atomic E-state index is 13.2. The number of hydrogen-bond acceptors (Lipinski definition) is 9.